The summed E-state index contributed by atoms with van der Waals surface area (Å²) in [6.07, 6.45) is 1.71. The summed E-state index contributed by atoms with van der Waals surface area (Å²) in [4.78, 5) is 25.4. The summed E-state index contributed by atoms with van der Waals surface area (Å²) in [5.74, 6) is 1.88. The third-order valence-electron chi connectivity index (χ3n) is 4.76. The van der Waals surface area contributed by atoms with Gasteiger partial charge in [0, 0.05) is 23.6 Å². The molecule has 4 rings (SSSR count). The van der Waals surface area contributed by atoms with E-state index < -0.39 is 0 Å². The van der Waals surface area contributed by atoms with E-state index in [1.165, 1.54) is 6.07 Å². The number of carbonyl (C=O) groups excluding carboxylic acids is 1. The van der Waals surface area contributed by atoms with Crippen molar-refractivity contribution in [3.05, 3.63) is 95.7 Å². The first-order valence-electron chi connectivity index (χ1n) is 10.4. The van der Waals surface area contributed by atoms with Crippen LogP contribution < -0.4 is 16.0 Å². The fraction of sp³-hybridized carbons (Fsp3) is 0.120. The second-order valence-corrected chi connectivity index (χ2v) is 7.55. The molecule has 3 N–H and O–H groups in total. The molecule has 0 radical (unpaired) electrons. The molecule has 0 atom stereocenters. The van der Waals surface area contributed by atoms with E-state index in [2.05, 4.69) is 30.9 Å². The van der Waals surface area contributed by atoms with E-state index in [0.717, 1.165) is 11.3 Å². The van der Waals surface area contributed by atoms with Crippen LogP contribution in [0.5, 0.6) is 0 Å². The van der Waals surface area contributed by atoms with Gasteiger partial charge in [-0.1, -0.05) is 18.2 Å². The lowest BCUT2D eigenvalue weighted by Crippen LogP contribution is -2.15. The summed E-state index contributed by atoms with van der Waals surface area (Å²) in [7, 11) is 0. The molecule has 7 nitrogen and oxygen atoms in total. The molecule has 0 fully saturated rings. The number of aromatic nitrogens is 3. The summed E-state index contributed by atoms with van der Waals surface area (Å²) >= 11 is 0. The van der Waals surface area contributed by atoms with Crippen LogP contribution >= 0.6 is 0 Å². The molecule has 0 saturated heterocycles. The number of nitrogens with zero attached hydrogens (tertiary/aromatic N) is 3. The molecule has 0 aliphatic rings. The molecule has 33 heavy (non-hydrogen) atoms. The molecule has 2 aromatic carbocycles. The summed E-state index contributed by atoms with van der Waals surface area (Å²) in [5.41, 5.74) is 2.86. The Morgan fingerprint density at radius 1 is 0.848 bits per heavy atom. The fourth-order valence-electron chi connectivity index (χ4n) is 3.24. The first-order chi connectivity index (χ1) is 15.9. The van der Waals surface area contributed by atoms with Crippen molar-refractivity contribution in [3.8, 4) is 0 Å². The Bertz CT molecular complexity index is 1280. The molecule has 2 aromatic heterocycles. The number of pyridine rings is 1. The molecule has 1 amide bonds. The maximum absolute atomic E-state index is 13.7. The predicted octanol–water partition coefficient (Wildman–Crippen LogP) is 5.30. The predicted molar refractivity (Wildman–Crippen MR) is 127 cm³/mol. The Hall–Kier alpha value is -4.33. The maximum Gasteiger partial charge on any atom is 0.228 e. The molecule has 4 aromatic rings. The van der Waals surface area contributed by atoms with Crippen molar-refractivity contribution in [2.45, 2.75) is 20.3 Å². The standard InChI is InChI=1S/C25H23FN6O/c1-16-11-12-27-22(13-16)32-24-15-23(28-17(2)29-24)30-19-7-9-20(10-8-19)31-25(33)14-18-5-3-4-6-21(18)26/h3-13,15H,14H2,1-2H3,(H,31,33)(H2,27,28,29,30,32). The van der Waals surface area contributed by atoms with Gasteiger partial charge in [0.2, 0.25) is 5.91 Å². The number of hydrogen-bond donors (Lipinski definition) is 3. The normalized spacial score (nSPS) is 10.5. The van der Waals surface area contributed by atoms with E-state index in [0.29, 0.717) is 34.5 Å². The Morgan fingerprint density at radius 3 is 2.27 bits per heavy atom. The van der Waals surface area contributed by atoms with Gasteiger partial charge in [-0.15, -0.1) is 0 Å². The lowest BCUT2D eigenvalue weighted by atomic mass is 10.1. The van der Waals surface area contributed by atoms with Gasteiger partial charge >= 0.3 is 0 Å². The van der Waals surface area contributed by atoms with Gasteiger partial charge in [-0.05, 0) is 67.4 Å². The molecular formula is C25H23FN6O. The molecule has 0 saturated carbocycles. The van der Waals surface area contributed by atoms with Crippen LogP contribution in [-0.2, 0) is 11.2 Å². The average molecular weight is 442 g/mol. The van der Waals surface area contributed by atoms with Crippen molar-refractivity contribution in [1.29, 1.82) is 0 Å². The van der Waals surface area contributed by atoms with Crippen LogP contribution in [-0.4, -0.2) is 20.9 Å². The summed E-state index contributed by atoms with van der Waals surface area (Å²) in [6.45, 7) is 3.81. The highest BCUT2D eigenvalue weighted by Crippen LogP contribution is 2.21. The fourth-order valence-corrected chi connectivity index (χ4v) is 3.24. The largest absolute Gasteiger partial charge is 0.340 e. The van der Waals surface area contributed by atoms with Crippen LogP contribution in [0.15, 0.2) is 72.9 Å². The smallest absolute Gasteiger partial charge is 0.228 e. The van der Waals surface area contributed by atoms with Crippen LogP contribution in [0.3, 0.4) is 0 Å². The average Bonchev–Trinajstić information content (AvgIpc) is 2.76. The van der Waals surface area contributed by atoms with E-state index in [9.17, 15) is 9.18 Å². The van der Waals surface area contributed by atoms with Crippen LogP contribution in [0.25, 0.3) is 0 Å². The van der Waals surface area contributed by atoms with E-state index in [1.807, 2.05) is 38.1 Å². The minimum Gasteiger partial charge on any atom is -0.340 e. The van der Waals surface area contributed by atoms with Gasteiger partial charge in [0.1, 0.15) is 29.1 Å². The van der Waals surface area contributed by atoms with Gasteiger partial charge in [0.25, 0.3) is 0 Å². The van der Waals surface area contributed by atoms with Crippen molar-refractivity contribution in [2.24, 2.45) is 0 Å². The third kappa shape index (κ3) is 6.10. The van der Waals surface area contributed by atoms with E-state index in [4.69, 9.17) is 0 Å². The number of halogens is 1. The zero-order valence-electron chi connectivity index (χ0n) is 18.3. The van der Waals surface area contributed by atoms with Crippen molar-refractivity contribution in [1.82, 2.24) is 15.0 Å². The van der Waals surface area contributed by atoms with Gasteiger partial charge in [-0.25, -0.2) is 19.3 Å². The first-order valence-corrected chi connectivity index (χ1v) is 10.4. The summed E-state index contributed by atoms with van der Waals surface area (Å²) in [6, 6.07) is 19.1. The van der Waals surface area contributed by atoms with Gasteiger partial charge in [-0.3, -0.25) is 4.79 Å². The van der Waals surface area contributed by atoms with E-state index >= 15 is 0 Å². The Morgan fingerprint density at radius 2 is 1.55 bits per heavy atom. The SMILES string of the molecule is Cc1ccnc(Nc2cc(Nc3ccc(NC(=O)Cc4ccccc4F)cc3)nc(C)n2)c1. The molecule has 166 valence electrons. The zero-order chi connectivity index (χ0) is 23.2. The Labute approximate surface area is 191 Å². The van der Waals surface area contributed by atoms with Crippen LogP contribution in [0, 0.1) is 19.7 Å². The van der Waals surface area contributed by atoms with Crippen LogP contribution in [0.2, 0.25) is 0 Å². The lowest BCUT2D eigenvalue weighted by Gasteiger charge is -2.11. The number of carbonyl (C=O) groups is 1. The molecule has 8 heteroatoms. The number of amides is 1. The van der Waals surface area contributed by atoms with Crippen molar-refractivity contribution in [2.75, 3.05) is 16.0 Å². The minimum atomic E-state index is -0.389. The first kappa shape index (κ1) is 21.9. The van der Waals surface area contributed by atoms with Crippen LogP contribution in [0.1, 0.15) is 17.0 Å². The van der Waals surface area contributed by atoms with Crippen molar-refractivity contribution >= 4 is 34.7 Å². The molecule has 2 heterocycles. The van der Waals surface area contributed by atoms with Crippen LogP contribution in [0.4, 0.5) is 33.2 Å². The topological polar surface area (TPSA) is 91.8 Å². The maximum atomic E-state index is 13.7. The number of aryl methyl sites for hydroxylation is 2. The number of anilines is 5. The third-order valence-corrected chi connectivity index (χ3v) is 4.76. The molecule has 0 aliphatic carbocycles. The number of benzene rings is 2. The molecule has 0 unspecified atom stereocenters. The van der Waals surface area contributed by atoms with E-state index in [-0.39, 0.29) is 18.1 Å². The zero-order valence-corrected chi connectivity index (χ0v) is 18.3. The van der Waals surface area contributed by atoms with Gasteiger partial charge in [0.15, 0.2) is 0 Å². The number of nitrogens with one attached hydrogen (secondary N) is 3. The number of hydrogen-bond acceptors (Lipinski definition) is 6. The highest BCUT2D eigenvalue weighted by molar-refractivity contribution is 5.92. The number of rotatable bonds is 7. The molecule has 0 spiro atoms. The minimum absolute atomic E-state index is 0.0293. The van der Waals surface area contributed by atoms with Gasteiger partial charge in [-0.2, -0.15) is 0 Å². The Kier molecular flexibility index (Phi) is 6.54. The molecule has 0 aliphatic heterocycles. The van der Waals surface area contributed by atoms with Gasteiger partial charge in [0.05, 0.1) is 6.42 Å². The highest BCUT2D eigenvalue weighted by Gasteiger charge is 2.09. The lowest BCUT2D eigenvalue weighted by molar-refractivity contribution is -0.115. The van der Waals surface area contributed by atoms with Crippen molar-refractivity contribution in [3.63, 3.8) is 0 Å². The van der Waals surface area contributed by atoms with Gasteiger partial charge < -0.3 is 16.0 Å². The monoisotopic (exact) mass is 442 g/mol. The molecular weight excluding hydrogens is 419 g/mol. The second-order valence-electron chi connectivity index (χ2n) is 7.55. The summed E-state index contributed by atoms with van der Waals surface area (Å²) in [5, 5.41) is 9.21. The van der Waals surface area contributed by atoms with Crippen molar-refractivity contribution < 1.29 is 9.18 Å². The quantitative estimate of drug-likeness (QED) is 0.360. The second kappa shape index (κ2) is 9.86. The molecule has 0 bridgehead atoms. The highest BCUT2D eigenvalue weighted by atomic mass is 19.1. The Balaban J connectivity index is 1.40. The summed E-state index contributed by atoms with van der Waals surface area (Å²) < 4.78 is 13.7. The van der Waals surface area contributed by atoms with E-state index in [1.54, 1.807) is 42.6 Å².